The van der Waals surface area contributed by atoms with Gasteiger partial charge in [-0.05, 0) is 172 Å². The zero-order valence-electron chi connectivity index (χ0n) is 61.3. The van der Waals surface area contributed by atoms with Gasteiger partial charge in [0, 0.05) is 178 Å². The molecule has 554 valence electrons. The summed E-state index contributed by atoms with van der Waals surface area (Å²) in [5.74, 6) is -1.61. The SMILES string of the molecule is CCc1nc2c(cnn2CC)c(NC2CCOCC2)c1CNC(=O)c1cccc(C(=O)NCc2ccc(F)c(-c3cccc(CCl)c3)c2)c1.CCc1nc2c(cnn2CC)c(NC2CCOCC2)c1CNC(=O)c1cccc(C(=O)NCc2ccc(F)c(-c3cccc(CN4CCN(C(C)C)CC4)c3)c2)c1. The van der Waals surface area contributed by atoms with Gasteiger partial charge < -0.3 is 41.4 Å². The highest BCUT2D eigenvalue weighted by Gasteiger charge is 2.27. The number of anilines is 2. The Balaban J connectivity index is 0.000000201. The number of hydrogen-bond donors (Lipinski definition) is 6. The zero-order valence-corrected chi connectivity index (χ0v) is 62.1. The molecule has 106 heavy (non-hydrogen) atoms. The number of rotatable bonds is 26. The maximum atomic E-state index is 15.2. The van der Waals surface area contributed by atoms with E-state index >= 15 is 4.39 Å². The highest BCUT2D eigenvalue weighted by atomic mass is 35.5. The van der Waals surface area contributed by atoms with Gasteiger partial charge in [0.15, 0.2) is 11.3 Å². The number of pyridine rings is 2. The van der Waals surface area contributed by atoms with Crippen molar-refractivity contribution in [1.82, 2.24) is 60.6 Å². The molecule has 13 rings (SSSR count). The predicted molar refractivity (Wildman–Crippen MR) is 413 cm³/mol. The fourth-order valence-electron chi connectivity index (χ4n) is 14.1. The number of piperazine rings is 1. The Labute approximate surface area is 623 Å². The van der Waals surface area contributed by atoms with E-state index in [1.165, 1.54) is 12.1 Å². The minimum atomic E-state index is -0.357. The maximum absolute atomic E-state index is 15.2. The quantitative estimate of drug-likeness (QED) is 0.0277. The summed E-state index contributed by atoms with van der Waals surface area (Å²) in [6, 6.07) is 39.5. The van der Waals surface area contributed by atoms with E-state index in [9.17, 15) is 23.6 Å². The van der Waals surface area contributed by atoms with Crippen LogP contribution in [-0.2, 0) is 74.0 Å². The Bertz CT molecular complexity index is 4750. The largest absolute Gasteiger partial charge is 0.381 e. The van der Waals surface area contributed by atoms with Crippen LogP contribution in [0.2, 0.25) is 0 Å². The monoisotopic (exact) mass is 1460 g/mol. The van der Waals surface area contributed by atoms with E-state index in [2.05, 4.69) is 91.7 Å². The highest BCUT2D eigenvalue weighted by Crippen LogP contribution is 2.35. The van der Waals surface area contributed by atoms with Crippen molar-refractivity contribution in [1.29, 1.82) is 0 Å². The number of alkyl halides is 1. The Morgan fingerprint density at radius 2 is 0.906 bits per heavy atom. The third-order valence-corrected chi connectivity index (χ3v) is 20.4. The van der Waals surface area contributed by atoms with Crippen molar-refractivity contribution in [2.75, 3.05) is 63.2 Å². The van der Waals surface area contributed by atoms with Gasteiger partial charge in [-0.25, -0.2) is 28.1 Å². The van der Waals surface area contributed by atoms with Gasteiger partial charge in [0.05, 0.1) is 34.5 Å². The lowest BCUT2D eigenvalue weighted by atomic mass is 10.00. The number of ether oxygens (including phenoxy) is 2. The minimum Gasteiger partial charge on any atom is -0.381 e. The van der Waals surface area contributed by atoms with Gasteiger partial charge in [-0.2, -0.15) is 10.2 Å². The summed E-state index contributed by atoms with van der Waals surface area (Å²) in [6.45, 7) is 22.7. The average molecular weight is 1460 g/mol. The molecule has 0 spiro atoms. The fourth-order valence-corrected chi connectivity index (χ4v) is 14.2. The molecule has 0 bridgehead atoms. The first-order valence-corrected chi connectivity index (χ1v) is 37.7. The third kappa shape index (κ3) is 18.4. The van der Waals surface area contributed by atoms with E-state index in [4.69, 9.17) is 31.0 Å². The lowest BCUT2D eigenvalue weighted by Crippen LogP contribution is -2.48. The zero-order chi connectivity index (χ0) is 74.2. The van der Waals surface area contributed by atoms with Crippen LogP contribution < -0.4 is 31.9 Å². The van der Waals surface area contributed by atoms with Crippen molar-refractivity contribution < 1.29 is 37.4 Å². The number of benzene rings is 6. The van der Waals surface area contributed by atoms with Crippen LogP contribution in [0.15, 0.2) is 146 Å². The first kappa shape index (κ1) is 75.7. The van der Waals surface area contributed by atoms with Crippen molar-refractivity contribution in [3.8, 4) is 22.3 Å². The van der Waals surface area contributed by atoms with Crippen molar-refractivity contribution in [2.24, 2.45) is 0 Å². The molecule has 0 unspecified atom stereocenters. The molecule has 23 heteroatoms. The summed E-state index contributed by atoms with van der Waals surface area (Å²) in [5, 5.41) is 30.5. The van der Waals surface area contributed by atoms with Crippen molar-refractivity contribution >= 4 is 68.7 Å². The Kier molecular flexibility index (Phi) is 25.6. The van der Waals surface area contributed by atoms with Gasteiger partial charge in [0.25, 0.3) is 23.6 Å². The number of nitrogens with zero attached hydrogens (tertiary/aromatic N) is 8. The van der Waals surface area contributed by atoms with Gasteiger partial charge in [-0.1, -0.05) is 74.5 Å². The van der Waals surface area contributed by atoms with Crippen LogP contribution >= 0.6 is 11.6 Å². The number of carbonyl (C=O) groups excluding carboxylic acids is 4. The number of hydrogen-bond acceptors (Lipinski definition) is 14. The third-order valence-electron chi connectivity index (χ3n) is 20.1. The normalized spacial score (nSPS) is 14.6. The fraction of sp³-hybridized carbons (Fsp3) is 0.373. The number of halogens is 3. The molecule has 0 radical (unpaired) electrons. The second-order valence-corrected chi connectivity index (χ2v) is 27.7. The van der Waals surface area contributed by atoms with Crippen molar-refractivity contribution in [3.05, 3.63) is 225 Å². The highest BCUT2D eigenvalue weighted by molar-refractivity contribution is 6.17. The van der Waals surface area contributed by atoms with Crippen LogP contribution in [0.25, 0.3) is 44.3 Å². The molecular weight excluding hydrogens is 1360 g/mol. The molecular formula is C83H95ClF2N14O6. The molecule has 6 N–H and O–H groups in total. The van der Waals surface area contributed by atoms with E-state index in [-0.39, 0.29) is 73.5 Å². The molecule has 3 fully saturated rings. The van der Waals surface area contributed by atoms with Gasteiger partial charge in [0.1, 0.15) is 11.6 Å². The lowest BCUT2D eigenvalue weighted by molar-refractivity contribution is 0.0903. The molecule has 3 aliphatic heterocycles. The molecule has 0 atom stereocenters. The Hall–Kier alpha value is -9.97. The number of nitrogens with one attached hydrogen (secondary N) is 6. The summed E-state index contributed by atoms with van der Waals surface area (Å²) in [4.78, 5) is 68.5. The van der Waals surface area contributed by atoms with Crippen LogP contribution in [0.5, 0.6) is 0 Å². The number of carbonyl (C=O) groups is 4. The second-order valence-electron chi connectivity index (χ2n) is 27.4. The number of aryl methyl sites for hydroxylation is 4. The molecule has 7 heterocycles. The van der Waals surface area contributed by atoms with E-state index < -0.39 is 0 Å². The minimum absolute atomic E-state index is 0.185. The van der Waals surface area contributed by atoms with E-state index in [1.807, 2.05) is 72.0 Å². The summed E-state index contributed by atoms with van der Waals surface area (Å²) < 4.78 is 44.9. The van der Waals surface area contributed by atoms with E-state index in [0.717, 1.165) is 142 Å². The molecule has 10 aromatic rings. The average Bonchev–Trinajstić information content (AvgIpc) is 1.56. The van der Waals surface area contributed by atoms with Crippen molar-refractivity contribution in [2.45, 2.75) is 150 Å². The second kappa shape index (κ2) is 35.9. The molecule has 0 saturated carbocycles. The van der Waals surface area contributed by atoms with Gasteiger partial charge in [-0.3, -0.25) is 29.0 Å². The standard InChI is InChI=1S/C45H55FN8O3.C38H40ClFN6O3/c1-5-41-38(42(50-36-15-21-57-22-16-36)39-28-49-54(6-2)43(39)51-41)27-48-45(56)35-12-8-11-34(25-35)44(55)47-26-31-13-14-40(46)37(24-31)33-10-7-9-32(23-33)29-52-17-19-53(20-18-52)30(3)4;1-3-34-31(35(44-29-13-15-49-16-14-29)32-23-43-46(4-2)36(32)45-34)22-42-38(48)28-10-6-9-27(19-28)37(47)41-21-25-11-12-33(40)30(18-25)26-8-5-7-24(17-26)20-39/h7-14,23-25,28,30,36H,5-6,15-22,26-27,29H2,1-4H3,(H,47,55)(H,48,56)(H,50,51);5-12,17-19,23,29H,3-4,13-16,20-22H2,1-2H3,(H,41,47)(H,42,48)(H,44,45). The Morgan fingerprint density at radius 1 is 0.500 bits per heavy atom. The maximum Gasteiger partial charge on any atom is 0.251 e. The first-order valence-electron chi connectivity index (χ1n) is 37.1. The van der Waals surface area contributed by atoms with Crippen LogP contribution in [0.3, 0.4) is 0 Å². The van der Waals surface area contributed by atoms with Crippen LogP contribution in [0, 0.1) is 11.6 Å². The molecule has 4 aromatic heterocycles. The number of amides is 4. The Morgan fingerprint density at radius 3 is 1.31 bits per heavy atom. The smallest absolute Gasteiger partial charge is 0.251 e. The van der Waals surface area contributed by atoms with Crippen LogP contribution in [0.4, 0.5) is 20.2 Å². The summed E-state index contributed by atoms with van der Waals surface area (Å²) >= 11 is 5.97. The summed E-state index contributed by atoms with van der Waals surface area (Å²) in [5.41, 5.74) is 14.6. The van der Waals surface area contributed by atoms with Crippen LogP contribution in [-0.4, -0.2) is 134 Å². The van der Waals surface area contributed by atoms with Gasteiger partial charge in [-0.15, -0.1) is 11.6 Å². The number of aromatic nitrogens is 6. The van der Waals surface area contributed by atoms with E-state index in [1.54, 1.807) is 72.8 Å². The van der Waals surface area contributed by atoms with Gasteiger partial charge >= 0.3 is 0 Å². The molecule has 20 nitrogen and oxygen atoms in total. The van der Waals surface area contributed by atoms with E-state index in [0.29, 0.717) is 103 Å². The lowest BCUT2D eigenvalue weighted by Gasteiger charge is -2.37. The topological polar surface area (TPSA) is 227 Å². The molecule has 3 aliphatic rings. The van der Waals surface area contributed by atoms with Gasteiger partial charge in [0.2, 0.25) is 0 Å². The number of fused-ring (bicyclic) bond motifs is 2. The van der Waals surface area contributed by atoms with Crippen LogP contribution in [0.1, 0.15) is 153 Å². The molecule has 3 saturated heterocycles. The molecule has 4 amide bonds. The summed E-state index contributed by atoms with van der Waals surface area (Å²) in [6.07, 6.45) is 8.61. The molecule has 6 aromatic carbocycles. The predicted octanol–water partition coefficient (Wildman–Crippen LogP) is 13.8. The van der Waals surface area contributed by atoms with Crippen molar-refractivity contribution in [3.63, 3.8) is 0 Å². The first-order chi connectivity index (χ1) is 51.6. The molecule has 0 aliphatic carbocycles. The summed E-state index contributed by atoms with van der Waals surface area (Å²) in [7, 11) is 0.